The molecule has 1 heterocycles. The molecule has 84 valence electrons. The fourth-order valence-electron chi connectivity index (χ4n) is 0.695. The molecule has 1 aromatic rings. The summed E-state index contributed by atoms with van der Waals surface area (Å²) in [6, 6.07) is 0. The molecule has 15 heavy (non-hydrogen) atoms. The van der Waals surface area contributed by atoms with E-state index in [2.05, 4.69) is 9.97 Å². The maximum absolute atomic E-state index is 11.8. The lowest BCUT2D eigenvalue weighted by molar-refractivity contribution is 0.153. The summed E-state index contributed by atoms with van der Waals surface area (Å²) in [6.45, 7) is -0.953. The molecule has 0 aliphatic carbocycles. The van der Waals surface area contributed by atoms with Crippen LogP contribution >= 0.6 is 11.6 Å². The predicted molar refractivity (Wildman–Crippen MR) is 48.2 cm³/mol. The SMILES string of the molecule is O=S(=O)(NCC(F)F)c1cnc(Cl)nc1. The molecule has 1 aromatic heterocycles. The first-order valence-electron chi connectivity index (χ1n) is 3.67. The van der Waals surface area contributed by atoms with Crippen LogP contribution in [0.3, 0.4) is 0 Å². The first-order chi connectivity index (χ1) is 6.92. The molecule has 0 amide bonds. The zero-order valence-corrected chi connectivity index (χ0v) is 8.76. The number of nitrogens with zero attached hydrogens (tertiary/aromatic N) is 2. The van der Waals surface area contributed by atoms with Gasteiger partial charge in [0.2, 0.25) is 15.3 Å². The van der Waals surface area contributed by atoms with E-state index in [1.165, 1.54) is 0 Å². The molecule has 0 saturated carbocycles. The molecule has 1 rings (SSSR count). The van der Waals surface area contributed by atoms with E-state index < -0.39 is 23.0 Å². The van der Waals surface area contributed by atoms with Crippen molar-refractivity contribution in [2.45, 2.75) is 11.3 Å². The molecular weight excluding hydrogens is 252 g/mol. The van der Waals surface area contributed by atoms with Crippen LogP contribution in [0.25, 0.3) is 0 Å². The van der Waals surface area contributed by atoms with Gasteiger partial charge in [-0.05, 0) is 11.6 Å². The highest BCUT2D eigenvalue weighted by Crippen LogP contribution is 2.07. The number of aromatic nitrogens is 2. The first-order valence-corrected chi connectivity index (χ1v) is 5.53. The summed E-state index contributed by atoms with van der Waals surface area (Å²) in [5, 5.41) is -0.122. The third-order valence-electron chi connectivity index (χ3n) is 1.33. The van der Waals surface area contributed by atoms with Crippen LogP contribution in [0.15, 0.2) is 17.3 Å². The van der Waals surface area contributed by atoms with Crippen molar-refractivity contribution < 1.29 is 17.2 Å². The van der Waals surface area contributed by atoms with Crippen molar-refractivity contribution in [3.63, 3.8) is 0 Å². The molecule has 0 saturated heterocycles. The highest BCUT2D eigenvalue weighted by molar-refractivity contribution is 7.89. The van der Waals surface area contributed by atoms with Gasteiger partial charge in [0.05, 0.1) is 18.9 Å². The largest absolute Gasteiger partial charge is 0.251 e. The lowest BCUT2D eigenvalue weighted by atomic mass is 10.7. The van der Waals surface area contributed by atoms with Gasteiger partial charge in [0, 0.05) is 0 Å². The van der Waals surface area contributed by atoms with Crippen molar-refractivity contribution in [2.75, 3.05) is 6.54 Å². The van der Waals surface area contributed by atoms with E-state index in [1.807, 2.05) is 0 Å². The van der Waals surface area contributed by atoms with Gasteiger partial charge in [-0.15, -0.1) is 0 Å². The molecule has 0 aromatic carbocycles. The molecule has 0 spiro atoms. The van der Waals surface area contributed by atoms with E-state index in [0.717, 1.165) is 12.4 Å². The number of hydrogen-bond donors (Lipinski definition) is 1. The third kappa shape index (κ3) is 3.65. The van der Waals surface area contributed by atoms with Crippen LogP contribution in [0.4, 0.5) is 8.78 Å². The van der Waals surface area contributed by atoms with E-state index in [1.54, 1.807) is 4.72 Å². The Morgan fingerprint density at radius 3 is 2.40 bits per heavy atom. The van der Waals surface area contributed by atoms with Gasteiger partial charge in [0.1, 0.15) is 4.90 Å². The summed E-state index contributed by atoms with van der Waals surface area (Å²) in [7, 11) is -3.99. The smallest absolute Gasteiger partial charge is 0.225 e. The molecule has 0 fully saturated rings. The number of hydrogen-bond acceptors (Lipinski definition) is 4. The van der Waals surface area contributed by atoms with Crippen LogP contribution in [0.2, 0.25) is 5.28 Å². The van der Waals surface area contributed by atoms with Gasteiger partial charge >= 0.3 is 0 Å². The van der Waals surface area contributed by atoms with Crippen LogP contribution in [0.1, 0.15) is 0 Å². The van der Waals surface area contributed by atoms with E-state index >= 15 is 0 Å². The zero-order valence-electron chi connectivity index (χ0n) is 7.19. The Morgan fingerprint density at radius 1 is 1.40 bits per heavy atom. The van der Waals surface area contributed by atoms with Crippen molar-refractivity contribution in [2.24, 2.45) is 0 Å². The second-order valence-corrected chi connectivity index (χ2v) is 4.54. The molecular formula is C6H6ClF2N3O2S. The first kappa shape index (κ1) is 12.2. The second-order valence-electron chi connectivity index (χ2n) is 2.43. The van der Waals surface area contributed by atoms with Crippen molar-refractivity contribution in [3.05, 3.63) is 17.7 Å². The Balaban J connectivity index is 2.82. The summed E-state index contributed by atoms with van der Waals surface area (Å²) in [5.74, 6) is 0. The number of nitrogens with one attached hydrogen (secondary N) is 1. The summed E-state index contributed by atoms with van der Waals surface area (Å²) < 4.78 is 47.8. The van der Waals surface area contributed by atoms with Crippen LogP contribution in [0.5, 0.6) is 0 Å². The second kappa shape index (κ2) is 4.77. The lowest BCUT2D eigenvalue weighted by Crippen LogP contribution is -2.28. The van der Waals surface area contributed by atoms with Crippen molar-refractivity contribution in [1.82, 2.24) is 14.7 Å². The highest BCUT2D eigenvalue weighted by atomic mass is 35.5. The van der Waals surface area contributed by atoms with E-state index in [4.69, 9.17) is 11.6 Å². The molecule has 0 unspecified atom stereocenters. The molecule has 5 nitrogen and oxygen atoms in total. The minimum Gasteiger partial charge on any atom is -0.225 e. The highest BCUT2D eigenvalue weighted by Gasteiger charge is 2.16. The molecule has 0 atom stereocenters. The summed E-state index contributed by atoms with van der Waals surface area (Å²) >= 11 is 5.33. The maximum atomic E-state index is 11.8. The van der Waals surface area contributed by atoms with Crippen LogP contribution in [-0.2, 0) is 10.0 Å². The van der Waals surface area contributed by atoms with Gasteiger partial charge in [0.15, 0.2) is 0 Å². The van der Waals surface area contributed by atoms with Gasteiger partial charge in [-0.2, -0.15) is 0 Å². The number of rotatable bonds is 4. The average molecular weight is 258 g/mol. The Hall–Kier alpha value is -0.860. The Kier molecular flexibility index (Phi) is 3.89. The van der Waals surface area contributed by atoms with Crippen LogP contribution in [0, 0.1) is 0 Å². The topological polar surface area (TPSA) is 72.0 Å². The maximum Gasteiger partial charge on any atom is 0.251 e. The molecule has 9 heteroatoms. The minimum absolute atomic E-state index is 0.122. The Bertz CT molecular complexity index is 423. The fourth-order valence-corrected chi connectivity index (χ4v) is 1.69. The summed E-state index contributed by atoms with van der Waals surface area (Å²) in [4.78, 5) is 6.53. The van der Waals surface area contributed by atoms with Gasteiger partial charge in [-0.25, -0.2) is 31.9 Å². The van der Waals surface area contributed by atoms with Gasteiger partial charge < -0.3 is 0 Å². The molecule has 0 aliphatic rings. The third-order valence-corrected chi connectivity index (χ3v) is 2.91. The molecule has 0 radical (unpaired) electrons. The van der Waals surface area contributed by atoms with Gasteiger partial charge in [-0.1, -0.05) is 0 Å². The van der Waals surface area contributed by atoms with Crippen LogP contribution < -0.4 is 4.72 Å². The van der Waals surface area contributed by atoms with Gasteiger partial charge in [0.25, 0.3) is 6.43 Å². The van der Waals surface area contributed by atoms with E-state index in [-0.39, 0.29) is 10.2 Å². The number of sulfonamides is 1. The molecule has 0 aliphatic heterocycles. The van der Waals surface area contributed by atoms with Crippen molar-refractivity contribution in [3.8, 4) is 0 Å². The quantitative estimate of drug-likeness (QED) is 0.805. The van der Waals surface area contributed by atoms with E-state index in [9.17, 15) is 17.2 Å². The molecule has 0 bridgehead atoms. The normalized spacial score (nSPS) is 12.0. The Morgan fingerprint density at radius 2 is 1.93 bits per heavy atom. The fraction of sp³-hybridized carbons (Fsp3) is 0.333. The van der Waals surface area contributed by atoms with Gasteiger partial charge in [-0.3, -0.25) is 0 Å². The predicted octanol–water partition coefficient (Wildman–Crippen LogP) is 0.673. The van der Waals surface area contributed by atoms with Crippen molar-refractivity contribution in [1.29, 1.82) is 0 Å². The minimum atomic E-state index is -3.99. The molecule has 1 N–H and O–H groups in total. The Labute approximate surface area is 89.5 Å². The zero-order chi connectivity index (χ0) is 11.5. The average Bonchev–Trinajstić information content (AvgIpc) is 2.16. The monoisotopic (exact) mass is 257 g/mol. The number of alkyl halides is 2. The standard InChI is InChI=1S/C6H6ClF2N3O2S/c7-6-10-1-4(2-11-6)15(13,14)12-3-5(8)9/h1-2,5,12H,3H2. The summed E-state index contributed by atoms with van der Waals surface area (Å²) in [6.07, 6.45) is -0.889. The van der Waals surface area contributed by atoms with E-state index in [0.29, 0.717) is 0 Å². The lowest BCUT2D eigenvalue weighted by Gasteiger charge is -2.04. The van der Waals surface area contributed by atoms with Crippen LogP contribution in [-0.4, -0.2) is 31.4 Å². The van der Waals surface area contributed by atoms with Crippen molar-refractivity contribution >= 4 is 21.6 Å². The summed E-state index contributed by atoms with van der Waals surface area (Å²) in [5.41, 5.74) is 0. The number of halogens is 3.